The maximum Gasteiger partial charge on any atom is 0.209 e. The molecule has 0 aromatic heterocycles. The minimum Gasteiger partial charge on any atom is -0.344 e. The maximum absolute atomic E-state index is 11.1. The Bertz CT molecular complexity index is 231. The Morgan fingerprint density at radius 2 is 1.41 bits per heavy atom. The average molecular weight is 239 g/mol. The summed E-state index contributed by atoms with van der Waals surface area (Å²) in [5, 5.41) is 0. The molecule has 1 fully saturated rings. The molecule has 0 saturated carbocycles. The zero-order valence-corrected chi connectivity index (χ0v) is 12.1. The molecule has 0 N–H and O–H groups in total. The lowest BCUT2D eigenvalue weighted by molar-refractivity contribution is -0.117. The van der Waals surface area contributed by atoms with E-state index in [0.29, 0.717) is 10.8 Å². The van der Waals surface area contributed by atoms with Crippen LogP contribution in [0, 0.1) is 10.8 Å². The summed E-state index contributed by atoms with van der Waals surface area (Å²) >= 11 is 0. The number of hydrogen-bond donors (Lipinski definition) is 0. The van der Waals surface area contributed by atoms with Gasteiger partial charge in [0.2, 0.25) is 6.41 Å². The topological polar surface area (TPSA) is 20.3 Å². The molecular formula is C15H29NO. The highest BCUT2D eigenvalue weighted by Crippen LogP contribution is 2.51. The fourth-order valence-electron chi connectivity index (χ4n) is 3.30. The van der Waals surface area contributed by atoms with Crippen LogP contribution >= 0.6 is 0 Å². The third-order valence-electron chi connectivity index (χ3n) is 4.87. The van der Waals surface area contributed by atoms with Crippen LogP contribution in [0.25, 0.3) is 0 Å². The smallest absolute Gasteiger partial charge is 0.209 e. The first-order valence-electron chi connectivity index (χ1n) is 7.20. The van der Waals surface area contributed by atoms with Crippen LogP contribution in [0.15, 0.2) is 0 Å². The largest absolute Gasteiger partial charge is 0.344 e. The average Bonchev–Trinajstić information content (AvgIpc) is 2.57. The van der Waals surface area contributed by atoms with Crippen LogP contribution < -0.4 is 0 Å². The van der Waals surface area contributed by atoms with Gasteiger partial charge in [-0.3, -0.25) is 4.79 Å². The van der Waals surface area contributed by atoms with Gasteiger partial charge in [-0.05, 0) is 23.7 Å². The summed E-state index contributed by atoms with van der Waals surface area (Å²) in [4.78, 5) is 13.0. The van der Waals surface area contributed by atoms with Gasteiger partial charge >= 0.3 is 0 Å². The molecule has 0 aromatic carbocycles. The minimum atomic E-state index is 0.319. The van der Waals surface area contributed by atoms with Crippen LogP contribution in [-0.2, 0) is 4.79 Å². The van der Waals surface area contributed by atoms with Crippen molar-refractivity contribution in [2.24, 2.45) is 10.8 Å². The van der Waals surface area contributed by atoms with Gasteiger partial charge in [-0.1, -0.05) is 53.4 Å². The van der Waals surface area contributed by atoms with Gasteiger partial charge in [0.05, 0.1) is 0 Å². The molecule has 0 unspecified atom stereocenters. The van der Waals surface area contributed by atoms with Gasteiger partial charge in [-0.25, -0.2) is 0 Å². The zero-order chi connectivity index (χ0) is 12.9. The lowest BCUT2D eigenvalue weighted by Gasteiger charge is -2.40. The van der Waals surface area contributed by atoms with E-state index in [1.807, 2.05) is 4.90 Å². The van der Waals surface area contributed by atoms with Crippen LogP contribution in [0.5, 0.6) is 0 Å². The second-order valence-corrected chi connectivity index (χ2v) is 6.34. The SMILES string of the molecule is CCCC[C@@]1(C)CN(C=O)C[C@@]1(C)CCCC. The van der Waals surface area contributed by atoms with Gasteiger partial charge in [-0.2, -0.15) is 0 Å². The number of carbonyl (C=O) groups is 1. The van der Waals surface area contributed by atoms with Crippen molar-refractivity contribution in [3.63, 3.8) is 0 Å². The van der Waals surface area contributed by atoms with Crippen molar-refractivity contribution in [3.05, 3.63) is 0 Å². The van der Waals surface area contributed by atoms with Gasteiger partial charge in [-0.15, -0.1) is 0 Å². The summed E-state index contributed by atoms with van der Waals surface area (Å²) in [7, 11) is 0. The summed E-state index contributed by atoms with van der Waals surface area (Å²) in [6, 6.07) is 0. The maximum atomic E-state index is 11.1. The summed E-state index contributed by atoms with van der Waals surface area (Å²) in [6.07, 6.45) is 8.63. The number of carbonyl (C=O) groups excluding carboxylic acids is 1. The van der Waals surface area contributed by atoms with Crippen LogP contribution in [0.4, 0.5) is 0 Å². The Kier molecular flexibility index (Phi) is 5.03. The zero-order valence-electron chi connectivity index (χ0n) is 12.1. The van der Waals surface area contributed by atoms with Crippen LogP contribution in [-0.4, -0.2) is 24.4 Å². The Hall–Kier alpha value is -0.530. The number of amides is 1. The Balaban J connectivity index is 2.77. The first-order chi connectivity index (χ1) is 8.01. The molecule has 0 radical (unpaired) electrons. The molecule has 1 rings (SSSR count). The highest BCUT2D eigenvalue weighted by atomic mass is 16.1. The summed E-state index contributed by atoms with van der Waals surface area (Å²) < 4.78 is 0. The van der Waals surface area contributed by atoms with Gasteiger partial charge in [0.25, 0.3) is 0 Å². The molecule has 0 aromatic rings. The van der Waals surface area contributed by atoms with E-state index in [1.165, 1.54) is 38.5 Å². The van der Waals surface area contributed by atoms with Crippen molar-refractivity contribution in [2.45, 2.75) is 66.2 Å². The van der Waals surface area contributed by atoms with Crippen molar-refractivity contribution in [1.29, 1.82) is 0 Å². The molecule has 2 nitrogen and oxygen atoms in total. The molecule has 17 heavy (non-hydrogen) atoms. The Morgan fingerprint density at radius 1 is 1.00 bits per heavy atom. The number of nitrogens with zero attached hydrogens (tertiary/aromatic N) is 1. The van der Waals surface area contributed by atoms with E-state index in [0.717, 1.165) is 19.5 Å². The Morgan fingerprint density at radius 3 is 1.71 bits per heavy atom. The quantitative estimate of drug-likeness (QED) is 0.618. The van der Waals surface area contributed by atoms with Crippen LogP contribution in [0.3, 0.4) is 0 Å². The molecular weight excluding hydrogens is 210 g/mol. The molecule has 0 bridgehead atoms. The summed E-state index contributed by atoms with van der Waals surface area (Å²) in [5.74, 6) is 0. The van der Waals surface area contributed by atoms with Gasteiger partial charge < -0.3 is 4.90 Å². The normalized spacial score (nSPS) is 33.1. The number of rotatable bonds is 7. The third-order valence-corrected chi connectivity index (χ3v) is 4.87. The van der Waals surface area contributed by atoms with E-state index in [4.69, 9.17) is 0 Å². The van der Waals surface area contributed by atoms with Gasteiger partial charge in [0, 0.05) is 13.1 Å². The van der Waals surface area contributed by atoms with Crippen LogP contribution in [0.1, 0.15) is 66.2 Å². The van der Waals surface area contributed by atoms with Crippen molar-refractivity contribution in [1.82, 2.24) is 4.90 Å². The summed E-state index contributed by atoms with van der Waals surface area (Å²) in [6.45, 7) is 11.2. The first-order valence-corrected chi connectivity index (χ1v) is 7.20. The molecule has 2 heteroatoms. The van der Waals surface area contributed by atoms with Crippen molar-refractivity contribution < 1.29 is 4.79 Å². The Labute approximate surface area is 107 Å². The van der Waals surface area contributed by atoms with E-state index in [2.05, 4.69) is 27.7 Å². The lowest BCUT2D eigenvalue weighted by Crippen LogP contribution is -2.36. The number of hydrogen-bond acceptors (Lipinski definition) is 1. The monoisotopic (exact) mass is 239 g/mol. The predicted molar refractivity (Wildman–Crippen MR) is 72.9 cm³/mol. The van der Waals surface area contributed by atoms with Crippen molar-refractivity contribution >= 4 is 6.41 Å². The molecule has 100 valence electrons. The molecule has 1 amide bonds. The van der Waals surface area contributed by atoms with Crippen LogP contribution in [0.2, 0.25) is 0 Å². The van der Waals surface area contributed by atoms with E-state index < -0.39 is 0 Å². The molecule has 0 aliphatic carbocycles. The van der Waals surface area contributed by atoms with E-state index >= 15 is 0 Å². The van der Waals surface area contributed by atoms with E-state index in [-0.39, 0.29) is 0 Å². The van der Waals surface area contributed by atoms with E-state index in [9.17, 15) is 4.79 Å². The molecule has 1 saturated heterocycles. The lowest BCUT2D eigenvalue weighted by atomic mass is 9.63. The fourth-order valence-corrected chi connectivity index (χ4v) is 3.30. The standard InChI is InChI=1S/C15H29NO/c1-5-7-9-14(3)11-16(13-17)12-15(14,4)10-8-6-2/h13H,5-12H2,1-4H3/t14-,15+. The van der Waals surface area contributed by atoms with Crippen molar-refractivity contribution in [3.8, 4) is 0 Å². The van der Waals surface area contributed by atoms with Gasteiger partial charge in [0.1, 0.15) is 0 Å². The van der Waals surface area contributed by atoms with Crippen molar-refractivity contribution in [2.75, 3.05) is 13.1 Å². The molecule has 0 spiro atoms. The molecule has 1 aliphatic heterocycles. The highest BCUT2D eigenvalue weighted by Gasteiger charge is 2.50. The van der Waals surface area contributed by atoms with E-state index in [1.54, 1.807) is 0 Å². The summed E-state index contributed by atoms with van der Waals surface area (Å²) in [5.41, 5.74) is 0.637. The number of likely N-dealkylation sites (tertiary alicyclic amines) is 1. The van der Waals surface area contributed by atoms with Gasteiger partial charge in [0.15, 0.2) is 0 Å². The first kappa shape index (κ1) is 14.5. The highest BCUT2D eigenvalue weighted by molar-refractivity contribution is 5.48. The number of unbranched alkanes of at least 4 members (excludes halogenated alkanes) is 2. The molecule has 1 aliphatic rings. The molecule has 1 heterocycles. The molecule has 2 atom stereocenters. The minimum absolute atomic E-state index is 0.319. The fraction of sp³-hybridized carbons (Fsp3) is 0.933. The second-order valence-electron chi connectivity index (χ2n) is 6.34. The second kappa shape index (κ2) is 5.88. The predicted octanol–water partition coefficient (Wildman–Crippen LogP) is 3.85. The third kappa shape index (κ3) is 3.02.